The largest absolute Gasteiger partial charge is 0.471 e. The summed E-state index contributed by atoms with van der Waals surface area (Å²) in [5.74, 6) is -0.684. The number of primary amides is 1. The van der Waals surface area contributed by atoms with Gasteiger partial charge in [0.25, 0.3) is 18.2 Å². The van der Waals surface area contributed by atoms with E-state index in [0.717, 1.165) is 29.7 Å². The van der Waals surface area contributed by atoms with Gasteiger partial charge < -0.3 is 15.8 Å². The summed E-state index contributed by atoms with van der Waals surface area (Å²) < 4.78 is 34.0. The normalized spacial score (nSPS) is 13.4. The Balaban J connectivity index is 1.41. The molecule has 3 aromatic heterocycles. The average Bonchev–Trinajstić information content (AvgIpc) is 3.45. The molecule has 3 heterocycles. The number of nitrogens with zero attached hydrogens (tertiary/aromatic N) is 3. The lowest BCUT2D eigenvalue weighted by molar-refractivity contribution is 0.100. The van der Waals surface area contributed by atoms with E-state index in [1.165, 1.54) is 16.8 Å². The summed E-state index contributed by atoms with van der Waals surface area (Å²) >= 11 is 6.85. The van der Waals surface area contributed by atoms with Crippen LogP contribution in [0.3, 0.4) is 0 Å². The van der Waals surface area contributed by atoms with Crippen LogP contribution in [0, 0.1) is 6.92 Å². The standard InChI is InChI=1S/C24H20ClF2N5O3S/c1-11-8-13(25)4-5-17(11)35-10-32-7-6-15(31-32)23(34)30-19-18-14(12-2-3-12)9-16(21(26)27)29-24(18)36-20(19)22(28)33/h4-9,12,21H,2-3,10H2,1H3,(H2,28,33)(H,30,34). The molecule has 3 N–H and O–H groups in total. The maximum atomic E-state index is 13.4. The van der Waals surface area contributed by atoms with Crippen molar-refractivity contribution in [2.75, 3.05) is 5.32 Å². The molecule has 0 spiro atoms. The Morgan fingerprint density at radius 3 is 2.75 bits per heavy atom. The van der Waals surface area contributed by atoms with Crippen LogP contribution in [0.5, 0.6) is 5.75 Å². The minimum Gasteiger partial charge on any atom is -0.471 e. The summed E-state index contributed by atoms with van der Waals surface area (Å²) in [6.07, 6.45) is 0.474. The second-order valence-electron chi connectivity index (χ2n) is 8.44. The third kappa shape index (κ3) is 4.76. The van der Waals surface area contributed by atoms with E-state index in [2.05, 4.69) is 15.4 Å². The number of rotatable bonds is 8. The SMILES string of the molecule is Cc1cc(Cl)ccc1OCn1ccc(C(=O)Nc2c(C(N)=O)sc3nc(C(F)F)cc(C4CC4)c23)n1. The molecule has 0 aliphatic heterocycles. The van der Waals surface area contributed by atoms with Crippen LogP contribution in [-0.2, 0) is 6.73 Å². The molecule has 1 aliphatic rings. The number of pyridine rings is 1. The van der Waals surface area contributed by atoms with E-state index in [1.807, 2.05) is 6.92 Å². The number of aromatic nitrogens is 3. The van der Waals surface area contributed by atoms with Gasteiger partial charge in [-0.2, -0.15) is 5.10 Å². The Kier molecular flexibility index (Phi) is 6.35. The molecule has 8 nitrogen and oxygen atoms in total. The van der Waals surface area contributed by atoms with Crippen molar-refractivity contribution in [1.82, 2.24) is 14.8 Å². The molecule has 0 bridgehead atoms. The lowest BCUT2D eigenvalue weighted by Gasteiger charge is -2.10. The van der Waals surface area contributed by atoms with E-state index in [-0.39, 0.29) is 39.4 Å². The van der Waals surface area contributed by atoms with Crippen LogP contribution in [0.1, 0.15) is 62.2 Å². The van der Waals surface area contributed by atoms with Crippen LogP contribution in [0.2, 0.25) is 5.02 Å². The quantitative estimate of drug-likeness (QED) is 0.305. The number of amides is 2. The highest BCUT2D eigenvalue weighted by molar-refractivity contribution is 7.21. The molecule has 1 saturated carbocycles. The number of thiophene rings is 1. The Bertz CT molecular complexity index is 1500. The molecule has 12 heteroatoms. The molecule has 1 aromatic carbocycles. The number of ether oxygens (including phenoxy) is 1. The van der Waals surface area contributed by atoms with E-state index in [0.29, 0.717) is 21.7 Å². The molecule has 0 radical (unpaired) electrons. The molecular weight excluding hydrogens is 512 g/mol. The number of nitrogens with two attached hydrogens (primary N) is 1. The van der Waals surface area contributed by atoms with Gasteiger partial charge in [-0.25, -0.2) is 18.4 Å². The number of carbonyl (C=O) groups excluding carboxylic acids is 2. The van der Waals surface area contributed by atoms with Crippen LogP contribution < -0.4 is 15.8 Å². The molecule has 186 valence electrons. The maximum absolute atomic E-state index is 13.4. The summed E-state index contributed by atoms with van der Waals surface area (Å²) in [6, 6.07) is 8.08. The third-order valence-corrected chi connectivity index (χ3v) is 7.11. The number of aryl methyl sites for hydroxylation is 1. The van der Waals surface area contributed by atoms with Crippen molar-refractivity contribution in [3.8, 4) is 5.75 Å². The molecular formula is C24H20ClF2N5O3S. The monoisotopic (exact) mass is 531 g/mol. The second-order valence-corrected chi connectivity index (χ2v) is 9.88. The molecule has 2 amide bonds. The third-order valence-electron chi connectivity index (χ3n) is 5.78. The fourth-order valence-electron chi connectivity index (χ4n) is 3.91. The Morgan fingerprint density at radius 2 is 2.08 bits per heavy atom. The summed E-state index contributed by atoms with van der Waals surface area (Å²) in [7, 11) is 0. The maximum Gasteiger partial charge on any atom is 0.280 e. The Labute approximate surface area is 213 Å². The van der Waals surface area contributed by atoms with Gasteiger partial charge in [0.2, 0.25) is 0 Å². The van der Waals surface area contributed by atoms with Gasteiger partial charge in [-0.1, -0.05) is 11.6 Å². The van der Waals surface area contributed by atoms with Crippen LogP contribution in [0.4, 0.5) is 14.5 Å². The van der Waals surface area contributed by atoms with Gasteiger partial charge in [-0.05, 0) is 67.1 Å². The molecule has 5 rings (SSSR count). The zero-order valence-corrected chi connectivity index (χ0v) is 20.5. The van der Waals surface area contributed by atoms with Crippen molar-refractivity contribution in [1.29, 1.82) is 0 Å². The zero-order chi connectivity index (χ0) is 25.6. The molecule has 1 aliphatic carbocycles. The van der Waals surface area contributed by atoms with Gasteiger partial charge in [0.05, 0.1) is 5.69 Å². The zero-order valence-electron chi connectivity index (χ0n) is 18.9. The number of anilines is 1. The molecule has 0 atom stereocenters. The lowest BCUT2D eigenvalue weighted by Crippen LogP contribution is -2.18. The summed E-state index contributed by atoms with van der Waals surface area (Å²) in [6.45, 7) is 1.91. The highest BCUT2D eigenvalue weighted by atomic mass is 35.5. The highest BCUT2D eigenvalue weighted by Crippen LogP contribution is 2.48. The number of hydrogen-bond acceptors (Lipinski definition) is 6. The number of carbonyl (C=O) groups is 2. The van der Waals surface area contributed by atoms with Gasteiger partial charge in [0.1, 0.15) is 21.2 Å². The van der Waals surface area contributed by atoms with E-state index in [9.17, 15) is 18.4 Å². The fourth-order valence-corrected chi connectivity index (χ4v) is 5.16. The minimum absolute atomic E-state index is 0.0418. The van der Waals surface area contributed by atoms with Crippen molar-refractivity contribution >= 4 is 50.7 Å². The van der Waals surface area contributed by atoms with E-state index in [1.54, 1.807) is 24.4 Å². The second kappa shape index (κ2) is 9.47. The van der Waals surface area contributed by atoms with E-state index in [4.69, 9.17) is 22.1 Å². The smallest absolute Gasteiger partial charge is 0.280 e. The first-order chi connectivity index (χ1) is 17.2. The van der Waals surface area contributed by atoms with Gasteiger partial charge >= 0.3 is 0 Å². The number of fused-ring (bicyclic) bond motifs is 1. The molecule has 0 saturated heterocycles. The first kappa shape index (κ1) is 24.1. The summed E-state index contributed by atoms with van der Waals surface area (Å²) in [4.78, 5) is 29.5. The minimum atomic E-state index is -2.76. The van der Waals surface area contributed by atoms with Crippen LogP contribution in [-0.4, -0.2) is 26.6 Å². The highest BCUT2D eigenvalue weighted by Gasteiger charge is 2.32. The fraction of sp³-hybridized carbons (Fsp3) is 0.250. The first-order valence-corrected chi connectivity index (χ1v) is 12.2. The van der Waals surface area contributed by atoms with Crippen molar-refractivity contribution < 1.29 is 23.1 Å². The predicted molar refractivity (Wildman–Crippen MR) is 132 cm³/mol. The Morgan fingerprint density at radius 1 is 1.31 bits per heavy atom. The van der Waals surface area contributed by atoms with Gasteiger partial charge in [-0.3, -0.25) is 9.59 Å². The number of benzene rings is 1. The van der Waals surface area contributed by atoms with Crippen molar-refractivity contribution in [3.05, 3.63) is 68.9 Å². The van der Waals surface area contributed by atoms with Gasteiger partial charge in [0.15, 0.2) is 12.4 Å². The van der Waals surface area contributed by atoms with Crippen LogP contribution in [0.25, 0.3) is 10.2 Å². The number of nitrogens with one attached hydrogen (secondary N) is 1. The van der Waals surface area contributed by atoms with Crippen molar-refractivity contribution in [3.63, 3.8) is 0 Å². The summed E-state index contributed by atoms with van der Waals surface area (Å²) in [5, 5.41) is 8.02. The lowest BCUT2D eigenvalue weighted by atomic mass is 10.0. The number of hydrogen-bond donors (Lipinski definition) is 2. The van der Waals surface area contributed by atoms with Gasteiger partial charge in [-0.15, -0.1) is 11.3 Å². The van der Waals surface area contributed by atoms with E-state index < -0.39 is 18.2 Å². The topological polar surface area (TPSA) is 112 Å². The molecule has 1 fully saturated rings. The number of halogens is 3. The Hall–Kier alpha value is -3.57. The molecule has 0 unspecified atom stereocenters. The van der Waals surface area contributed by atoms with Crippen molar-refractivity contribution in [2.45, 2.75) is 38.8 Å². The van der Waals surface area contributed by atoms with Gasteiger partial charge in [0, 0.05) is 16.6 Å². The van der Waals surface area contributed by atoms with Crippen LogP contribution in [0.15, 0.2) is 36.5 Å². The molecule has 36 heavy (non-hydrogen) atoms. The molecule has 4 aromatic rings. The van der Waals surface area contributed by atoms with E-state index >= 15 is 0 Å². The van der Waals surface area contributed by atoms with Crippen molar-refractivity contribution in [2.24, 2.45) is 5.73 Å². The first-order valence-electron chi connectivity index (χ1n) is 11.0. The number of alkyl halides is 2. The predicted octanol–water partition coefficient (Wildman–Crippen LogP) is 5.66. The van der Waals surface area contributed by atoms with Crippen LogP contribution >= 0.6 is 22.9 Å². The summed E-state index contributed by atoms with van der Waals surface area (Å²) in [5.41, 5.74) is 6.92. The average molecular weight is 532 g/mol.